The molecule has 0 saturated heterocycles. The minimum absolute atomic E-state index is 1.05. The summed E-state index contributed by atoms with van der Waals surface area (Å²) in [4.78, 5) is 4.74. The SMILES string of the molecule is c1ccc(-c2ncc3sccc3c2-c2ccccc2)cc1. The van der Waals surface area contributed by atoms with Crippen LogP contribution in [0.2, 0.25) is 0 Å². The van der Waals surface area contributed by atoms with Crippen LogP contribution in [-0.4, -0.2) is 4.98 Å². The van der Waals surface area contributed by atoms with Crippen LogP contribution in [0, 0.1) is 0 Å². The third kappa shape index (κ3) is 2.14. The number of nitrogens with zero attached hydrogens (tertiary/aromatic N) is 1. The Hall–Kier alpha value is -2.45. The third-order valence-electron chi connectivity index (χ3n) is 3.62. The van der Waals surface area contributed by atoms with Crippen LogP contribution in [0.1, 0.15) is 0 Å². The monoisotopic (exact) mass is 287 g/mol. The van der Waals surface area contributed by atoms with Crippen LogP contribution in [0.5, 0.6) is 0 Å². The fourth-order valence-corrected chi connectivity index (χ4v) is 3.42. The van der Waals surface area contributed by atoms with Crippen LogP contribution in [0.25, 0.3) is 32.5 Å². The molecule has 0 amide bonds. The van der Waals surface area contributed by atoms with Crippen molar-refractivity contribution in [2.24, 2.45) is 0 Å². The summed E-state index contributed by atoms with van der Waals surface area (Å²) in [6, 6.07) is 23.1. The van der Waals surface area contributed by atoms with Gasteiger partial charge in [0.05, 0.1) is 10.4 Å². The number of fused-ring (bicyclic) bond motifs is 1. The molecule has 0 aliphatic rings. The summed E-state index contributed by atoms with van der Waals surface area (Å²) in [7, 11) is 0. The van der Waals surface area contributed by atoms with E-state index in [4.69, 9.17) is 4.98 Å². The molecular formula is C19H13NS. The highest BCUT2D eigenvalue weighted by Crippen LogP contribution is 2.37. The Morgan fingerprint density at radius 2 is 1.38 bits per heavy atom. The van der Waals surface area contributed by atoms with E-state index in [-0.39, 0.29) is 0 Å². The van der Waals surface area contributed by atoms with Crippen LogP contribution in [0.15, 0.2) is 78.3 Å². The van der Waals surface area contributed by atoms with Crippen molar-refractivity contribution in [2.45, 2.75) is 0 Å². The molecule has 0 bridgehead atoms. The normalized spacial score (nSPS) is 10.9. The van der Waals surface area contributed by atoms with E-state index in [9.17, 15) is 0 Å². The maximum atomic E-state index is 4.74. The maximum absolute atomic E-state index is 4.74. The van der Waals surface area contributed by atoms with Crippen LogP contribution in [-0.2, 0) is 0 Å². The Labute approximate surface area is 127 Å². The van der Waals surface area contributed by atoms with E-state index in [1.165, 1.54) is 21.2 Å². The molecule has 2 aromatic heterocycles. The Morgan fingerprint density at radius 3 is 2.10 bits per heavy atom. The molecule has 4 rings (SSSR count). The first-order valence-electron chi connectivity index (χ1n) is 6.90. The second-order valence-electron chi connectivity index (χ2n) is 4.91. The van der Waals surface area contributed by atoms with Gasteiger partial charge in [0.15, 0.2) is 0 Å². The van der Waals surface area contributed by atoms with Crippen molar-refractivity contribution >= 4 is 21.4 Å². The van der Waals surface area contributed by atoms with Crippen LogP contribution in [0.4, 0.5) is 0 Å². The molecule has 0 N–H and O–H groups in total. The molecular weight excluding hydrogens is 274 g/mol. The lowest BCUT2D eigenvalue weighted by Gasteiger charge is -2.11. The zero-order valence-corrected chi connectivity index (χ0v) is 12.2. The molecule has 100 valence electrons. The van der Waals surface area contributed by atoms with E-state index >= 15 is 0 Å². The summed E-state index contributed by atoms with van der Waals surface area (Å²) in [5.74, 6) is 0. The molecule has 0 radical (unpaired) electrons. The molecule has 0 unspecified atom stereocenters. The predicted molar refractivity (Wildman–Crippen MR) is 90.5 cm³/mol. The van der Waals surface area contributed by atoms with Gasteiger partial charge in [-0.3, -0.25) is 4.98 Å². The second-order valence-corrected chi connectivity index (χ2v) is 5.86. The molecule has 1 nitrogen and oxygen atoms in total. The van der Waals surface area contributed by atoms with Crippen LogP contribution >= 0.6 is 11.3 Å². The van der Waals surface area contributed by atoms with Crippen molar-refractivity contribution in [3.05, 3.63) is 78.3 Å². The number of pyridine rings is 1. The molecule has 2 heteroatoms. The van der Waals surface area contributed by atoms with Crippen molar-refractivity contribution in [3.8, 4) is 22.4 Å². The highest BCUT2D eigenvalue weighted by Gasteiger charge is 2.13. The van der Waals surface area contributed by atoms with Crippen LogP contribution < -0.4 is 0 Å². The zero-order chi connectivity index (χ0) is 14.1. The molecule has 0 spiro atoms. The van der Waals surface area contributed by atoms with Gasteiger partial charge < -0.3 is 0 Å². The molecule has 0 fully saturated rings. The van der Waals surface area contributed by atoms with Gasteiger partial charge >= 0.3 is 0 Å². The molecule has 0 atom stereocenters. The summed E-state index contributed by atoms with van der Waals surface area (Å²) in [6.45, 7) is 0. The molecule has 0 aliphatic heterocycles. The summed E-state index contributed by atoms with van der Waals surface area (Å²) < 4.78 is 1.23. The Balaban J connectivity index is 2.08. The van der Waals surface area contributed by atoms with E-state index in [2.05, 4.69) is 60.0 Å². The van der Waals surface area contributed by atoms with Crippen molar-refractivity contribution in [2.75, 3.05) is 0 Å². The summed E-state index contributed by atoms with van der Waals surface area (Å²) in [5.41, 5.74) is 4.64. The Kier molecular flexibility index (Phi) is 3.02. The zero-order valence-electron chi connectivity index (χ0n) is 11.4. The van der Waals surface area contributed by atoms with Gasteiger partial charge in [0, 0.05) is 22.7 Å². The molecule has 2 heterocycles. The van der Waals surface area contributed by atoms with Crippen molar-refractivity contribution in [3.63, 3.8) is 0 Å². The molecule has 0 aliphatic carbocycles. The Morgan fingerprint density at radius 1 is 0.714 bits per heavy atom. The average Bonchev–Trinajstić information content (AvgIpc) is 3.04. The topological polar surface area (TPSA) is 12.9 Å². The van der Waals surface area contributed by atoms with E-state index in [0.29, 0.717) is 0 Å². The van der Waals surface area contributed by atoms with Gasteiger partial charge in [-0.15, -0.1) is 11.3 Å². The first-order chi connectivity index (χ1) is 10.4. The van der Waals surface area contributed by atoms with Crippen molar-refractivity contribution < 1.29 is 0 Å². The lowest BCUT2D eigenvalue weighted by molar-refractivity contribution is 1.36. The van der Waals surface area contributed by atoms with Crippen molar-refractivity contribution in [1.82, 2.24) is 4.98 Å². The van der Waals surface area contributed by atoms with Gasteiger partial charge in [0.2, 0.25) is 0 Å². The van der Waals surface area contributed by atoms with Crippen LogP contribution in [0.3, 0.4) is 0 Å². The number of hydrogen-bond donors (Lipinski definition) is 0. The minimum atomic E-state index is 1.05. The van der Waals surface area contributed by atoms with E-state index in [0.717, 1.165) is 11.3 Å². The first-order valence-corrected chi connectivity index (χ1v) is 7.78. The second kappa shape index (κ2) is 5.15. The maximum Gasteiger partial charge on any atom is 0.0787 e. The fourth-order valence-electron chi connectivity index (χ4n) is 2.65. The number of hydrogen-bond acceptors (Lipinski definition) is 2. The average molecular weight is 287 g/mol. The fraction of sp³-hybridized carbons (Fsp3) is 0. The number of aromatic nitrogens is 1. The van der Waals surface area contributed by atoms with E-state index in [1.807, 2.05) is 18.3 Å². The molecule has 0 saturated carbocycles. The first kappa shape index (κ1) is 12.3. The van der Waals surface area contributed by atoms with Gasteiger partial charge in [-0.25, -0.2) is 0 Å². The summed E-state index contributed by atoms with van der Waals surface area (Å²) >= 11 is 1.74. The van der Waals surface area contributed by atoms with Crippen molar-refractivity contribution in [1.29, 1.82) is 0 Å². The highest BCUT2D eigenvalue weighted by atomic mass is 32.1. The number of rotatable bonds is 2. The number of benzene rings is 2. The summed E-state index contributed by atoms with van der Waals surface area (Å²) in [5, 5.41) is 3.41. The predicted octanol–water partition coefficient (Wildman–Crippen LogP) is 5.63. The van der Waals surface area contributed by atoms with E-state index in [1.54, 1.807) is 11.3 Å². The highest BCUT2D eigenvalue weighted by molar-refractivity contribution is 7.17. The molecule has 2 aromatic carbocycles. The standard InChI is InChI=1S/C19H13NS/c1-3-7-14(8-4-1)18-16-11-12-21-17(16)13-20-19(18)15-9-5-2-6-10-15/h1-13H. The van der Waals surface area contributed by atoms with Gasteiger partial charge in [-0.2, -0.15) is 0 Å². The molecule has 21 heavy (non-hydrogen) atoms. The van der Waals surface area contributed by atoms with Gasteiger partial charge in [0.1, 0.15) is 0 Å². The third-order valence-corrected chi connectivity index (χ3v) is 4.47. The number of thiophene rings is 1. The quantitative estimate of drug-likeness (QED) is 0.465. The van der Waals surface area contributed by atoms with Gasteiger partial charge in [0.25, 0.3) is 0 Å². The lowest BCUT2D eigenvalue weighted by atomic mass is 9.97. The minimum Gasteiger partial charge on any atom is -0.254 e. The Bertz CT molecular complexity index is 879. The van der Waals surface area contributed by atoms with Gasteiger partial charge in [-0.1, -0.05) is 60.7 Å². The molecule has 4 aromatic rings. The smallest absolute Gasteiger partial charge is 0.0787 e. The largest absolute Gasteiger partial charge is 0.254 e. The summed E-state index contributed by atoms with van der Waals surface area (Å²) in [6.07, 6.45) is 1.98. The van der Waals surface area contributed by atoms with E-state index < -0.39 is 0 Å². The lowest BCUT2D eigenvalue weighted by Crippen LogP contribution is -1.89. The van der Waals surface area contributed by atoms with Gasteiger partial charge in [-0.05, 0) is 17.0 Å².